The second-order valence-electron chi connectivity index (χ2n) is 5.63. The number of hydrogen-bond donors (Lipinski definition) is 1. The maximum absolute atomic E-state index is 12.4. The number of amides is 1. The number of nitrogens with zero attached hydrogens (tertiary/aromatic N) is 1. The van der Waals surface area contributed by atoms with Crippen LogP contribution in [0.2, 0.25) is 0 Å². The predicted octanol–water partition coefficient (Wildman–Crippen LogP) is 3.70. The molecule has 2 aromatic carbocycles. The van der Waals surface area contributed by atoms with Gasteiger partial charge >= 0.3 is 0 Å². The summed E-state index contributed by atoms with van der Waals surface area (Å²) >= 11 is 0. The number of aromatic nitrogens is 1. The lowest BCUT2D eigenvalue weighted by Gasteiger charge is -2.05. The van der Waals surface area contributed by atoms with Crippen molar-refractivity contribution in [3.63, 3.8) is 0 Å². The first-order valence-electron chi connectivity index (χ1n) is 7.73. The summed E-state index contributed by atoms with van der Waals surface area (Å²) < 4.78 is 1.68. The second-order valence-corrected chi connectivity index (χ2v) is 5.63. The minimum Gasteiger partial charge on any atom is -0.346 e. The molecule has 0 saturated heterocycles. The minimum absolute atomic E-state index is 0.00411. The summed E-state index contributed by atoms with van der Waals surface area (Å²) in [6.45, 7) is 0. The van der Waals surface area contributed by atoms with Crippen LogP contribution in [0.5, 0.6) is 0 Å². The molecule has 4 heteroatoms. The third-order valence-electron chi connectivity index (χ3n) is 3.80. The Morgan fingerprint density at radius 2 is 1.58 bits per heavy atom. The van der Waals surface area contributed by atoms with Crippen LogP contribution >= 0.6 is 0 Å². The third-order valence-corrected chi connectivity index (χ3v) is 3.80. The van der Waals surface area contributed by atoms with Gasteiger partial charge in [-0.25, -0.2) is 0 Å². The SMILES string of the molecule is Cn1cc(C(=O)Cc2ccccc2)cc1C(=O)Nc1ccccc1. The minimum atomic E-state index is -0.234. The van der Waals surface area contributed by atoms with E-state index in [9.17, 15) is 9.59 Å². The highest BCUT2D eigenvalue weighted by molar-refractivity contribution is 6.06. The topological polar surface area (TPSA) is 51.1 Å². The molecule has 0 saturated carbocycles. The lowest BCUT2D eigenvalue weighted by molar-refractivity contribution is 0.0992. The van der Waals surface area contributed by atoms with Gasteiger partial charge in [-0.05, 0) is 23.8 Å². The number of anilines is 1. The Labute approximate surface area is 140 Å². The van der Waals surface area contributed by atoms with Crippen LogP contribution in [-0.2, 0) is 13.5 Å². The van der Waals surface area contributed by atoms with Crippen molar-refractivity contribution in [3.05, 3.63) is 89.7 Å². The van der Waals surface area contributed by atoms with Gasteiger partial charge in [-0.15, -0.1) is 0 Å². The largest absolute Gasteiger partial charge is 0.346 e. The van der Waals surface area contributed by atoms with E-state index in [2.05, 4.69) is 5.32 Å². The maximum atomic E-state index is 12.4. The summed E-state index contributed by atoms with van der Waals surface area (Å²) in [5, 5.41) is 2.83. The molecule has 0 unspecified atom stereocenters. The van der Waals surface area contributed by atoms with Crippen molar-refractivity contribution < 1.29 is 9.59 Å². The van der Waals surface area contributed by atoms with E-state index in [1.807, 2.05) is 60.7 Å². The van der Waals surface area contributed by atoms with Crippen LogP contribution in [0.4, 0.5) is 5.69 Å². The fourth-order valence-electron chi connectivity index (χ4n) is 2.54. The summed E-state index contributed by atoms with van der Waals surface area (Å²) in [6, 6.07) is 20.5. The molecule has 4 nitrogen and oxygen atoms in total. The third kappa shape index (κ3) is 3.60. The van der Waals surface area contributed by atoms with Crippen LogP contribution in [0.15, 0.2) is 72.9 Å². The van der Waals surface area contributed by atoms with Crippen LogP contribution < -0.4 is 5.32 Å². The normalized spacial score (nSPS) is 10.4. The number of benzene rings is 2. The zero-order chi connectivity index (χ0) is 16.9. The Bertz CT molecular complexity index is 852. The standard InChI is InChI=1S/C20H18N2O2/c1-22-14-16(19(23)12-15-8-4-2-5-9-15)13-18(22)20(24)21-17-10-6-3-7-11-17/h2-11,13-14H,12H2,1H3,(H,21,24). The summed E-state index contributed by atoms with van der Waals surface area (Å²) in [6.07, 6.45) is 2.02. The van der Waals surface area contributed by atoms with Crippen LogP contribution in [-0.4, -0.2) is 16.3 Å². The number of hydrogen-bond acceptors (Lipinski definition) is 2. The quantitative estimate of drug-likeness (QED) is 0.729. The van der Waals surface area contributed by atoms with E-state index in [0.717, 1.165) is 11.3 Å². The molecule has 0 aliphatic rings. The van der Waals surface area contributed by atoms with Crippen molar-refractivity contribution in [2.24, 2.45) is 7.05 Å². The molecule has 3 aromatic rings. The predicted molar refractivity (Wildman–Crippen MR) is 94.3 cm³/mol. The number of rotatable bonds is 5. The van der Waals surface area contributed by atoms with E-state index in [4.69, 9.17) is 0 Å². The molecule has 120 valence electrons. The van der Waals surface area contributed by atoms with Crippen molar-refractivity contribution in [1.82, 2.24) is 4.57 Å². The first-order valence-corrected chi connectivity index (χ1v) is 7.73. The molecule has 0 aliphatic carbocycles. The van der Waals surface area contributed by atoms with Gasteiger partial charge in [-0.2, -0.15) is 0 Å². The van der Waals surface area contributed by atoms with E-state index < -0.39 is 0 Å². The number of para-hydroxylation sites is 1. The number of carbonyl (C=O) groups is 2. The Kier molecular flexibility index (Phi) is 4.57. The average Bonchev–Trinajstić information content (AvgIpc) is 2.99. The zero-order valence-corrected chi connectivity index (χ0v) is 13.4. The van der Waals surface area contributed by atoms with E-state index >= 15 is 0 Å². The van der Waals surface area contributed by atoms with Crippen LogP contribution in [0.1, 0.15) is 26.4 Å². The van der Waals surface area contributed by atoms with E-state index in [1.165, 1.54) is 0 Å². The molecule has 0 radical (unpaired) electrons. The lowest BCUT2D eigenvalue weighted by Crippen LogP contribution is -2.15. The molecule has 1 amide bonds. The molecule has 3 rings (SSSR count). The van der Waals surface area contributed by atoms with Gasteiger partial charge in [-0.1, -0.05) is 48.5 Å². The molecular weight excluding hydrogens is 300 g/mol. The van der Waals surface area contributed by atoms with Crippen molar-refractivity contribution >= 4 is 17.4 Å². The molecule has 0 atom stereocenters. The van der Waals surface area contributed by atoms with Crippen LogP contribution in [0.3, 0.4) is 0 Å². The zero-order valence-electron chi connectivity index (χ0n) is 13.4. The Morgan fingerprint density at radius 3 is 2.25 bits per heavy atom. The Morgan fingerprint density at radius 1 is 0.958 bits per heavy atom. The second kappa shape index (κ2) is 6.96. The number of nitrogens with one attached hydrogen (secondary N) is 1. The van der Waals surface area contributed by atoms with Gasteiger partial charge in [-0.3, -0.25) is 9.59 Å². The summed E-state index contributed by atoms with van der Waals surface area (Å²) in [7, 11) is 1.76. The van der Waals surface area contributed by atoms with Crippen molar-refractivity contribution in [1.29, 1.82) is 0 Å². The molecule has 0 spiro atoms. The van der Waals surface area contributed by atoms with Gasteiger partial charge in [0.15, 0.2) is 5.78 Å². The fraction of sp³-hybridized carbons (Fsp3) is 0.100. The summed E-state index contributed by atoms with van der Waals surface area (Å²) in [4.78, 5) is 24.8. The number of carbonyl (C=O) groups excluding carboxylic acids is 2. The van der Waals surface area contributed by atoms with E-state index in [1.54, 1.807) is 23.9 Å². The first kappa shape index (κ1) is 15.7. The highest BCUT2D eigenvalue weighted by Crippen LogP contribution is 2.14. The van der Waals surface area contributed by atoms with Gasteiger partial charge in [0.05, 0.1) is 0 Å². The number of ketones is 1. The summed E-state index contributed by atoms with van der Waals surface area (Å²) in [5.41, 5.74) is 2.68. The van der Waals surface area contributed by atoms with E-state index in [0.29, 0.717) is 17.7 Å². The number of aryl methyl sites for hydroxylation is 1. The lowest BCUT2D eigenvalue weighted by atomic mass is 10.1. The molecular formula is C20H18N2O2. The molecule has 24 heavy (non-hydrogen) atoms. The summed E-state index contributed by atoms with van der Waals surface area (Å²) in [5.74, 6) is -0.238. The van der Waals surface area contributed by atoms with Crippen LogP contribution in [0.25, 0.3) is 0 Å². The average molecular weight is 318 g/mol. The smallest absolute Gasteiger partial charge is 0.272 e. The van der Waals surface area contributed by atoms with Gasteiger partial charge in [0.2, 0.25) is 0 Å². The van der Waals surface area contributed by atoms with Crippen molar-refractivity contribution in [2.45, 2.75) is 6.42 Å². The Balaban J connectivity index is 1.75. The first-order chi connectivity index (χ1) is 11.6. The van der Waals surface area contributed by atoms with Crippen molar-refractivity contribution in [2.75, 3.05) is 5.32 Å². The monoisotopic (exact) mass is 318 g/mol. The van der Waals surface area contributed by atoms with Crippen LogP contribution in [0, 0.1) is 0 Å². The molecule has 0 fully saturated rings. The van der Waals surface area contributed by atoms with Gasteiger partial charge in [0, 0.05) is 30.9 Å². The molecule has 1 aromatic heterocycles. The number of Topliss-reactive ketones (excluding diaryl/α,β-unsaturated/α-hetero) is 1. The van der Waals surface area contributed by atoms with Gasteiger partial charge in [0.1, 0.15) is 5.69 Å². The molecule has 1 N–H and O–H groups in total. The van der Waals surface area contributed by atoms with E-state index in [-0.39, 0.29) is 11.7 Å². The van der Waals surface area contributed by atoms with Crippen molar-refractivity contribution in [3.8, 4) is 0 Å². The Hall–Kier alpha value is -3.14. The van der Waals surface area contributed by atoms with Gasteiger partial charge < -0.3 is 9.88 Å². The molecule has 1 heterocycles. The van der Waals surface area contributed by atoms with Gasteiger partial charge in [0.25, 0.3) is 5.91 Å². The fourth-order valence-corrected chi connectivity index (χ4v) is 2.54. The maximum Gasteiger partial charge on any atom is 0.272 e. The molecule has 0 bridgehead atoms. The highest BCUT2D eigenvalue weighted by atomic mass is 16.2. The highest BCUT2D eigenvalue weighted by Gasteiger charge is 2.16. The molecule has 0 aliphatic heterocycles.